The monoisotopic (exact) mass is 486 g/mol. The Kier molecular flexibility index (Phi) is 6.81. The van der Waals surface area contributed by atoms with Gasteiger partial charge < -0.3 is 13.8 Å². The second-order valence-corrected chi connectivity index (χ2v) is 9.23. The first-order valence-corrected chi connectivity index (χ1v) is 12.2. The Morgan fingerprint density at radius 2 is 1.83 bits per heavy atom. The molecular weight excluding hydrogens is 456 g/mol. The lowest BCUT2D eigenvalue weighted by molar-refractivity contribution is 0.144. The van der Waals surface area contributed by atoms with E-state index in [0.717, 1.165) is 52.2 Å². The number of aromatic amines is 1. The largest absolute Gasteiger partial charge is 0.468 e. The van der Waals surface area contributed by atoms with E-state index in [4.69, 9.17) is 8.83 Å². The Balaban J connectivity index is 1.54. The number of hydrogen-bond acceptors (Lipinski definition) is 7. The number of pyridine rings is 1. The molecule has 0 bridgehead atoms. The maximum atomic E-state index is 13.2. The molecule has 0 aliphatic heterocycles. The lowest BCUT2D eigenvalue weighted by atomic mass is 10.0. The lowest BCUT2D eigenvalue weighted by Gasteiger charge is -2.30. The van der Waals surface area contributed by atoms with Crippen molar-refractivity contribution in [1.29, 1.82) is 0 Å². The quantitative estimate of drug-likeness (QED) is 0.299. The second-order valence-electron chi connectivity index (χ2n) is 9.23. The summed E-state index contributed by atoms with van der Waals surface area (Å²) in [6.07, 6.45) is 5.03. The highest BCUT2D eigenvalue weighted by Gasteiger charge is 2.28. The molecule has 0 fully saturated rings. The van der Waals surface area contributed by atoms with Gasteiger partial charge in [0.2, 0.25) is 0 Å². The first-order chi connectivity index (χ1) is 17.5. The van der Waals surface area contributed by atoms with E-state index < -0.39 is 0 Å². The van der Waals surface area contributed by atoms with Crippen molar-refractivity contribution in [3.05, 3.63) is 99.4 Å². The molecule has 0 spiro atoms. The van der Waals surface area contributed by atoms with Gasteiger partial charge in [-0.05, 0) is 78.0 Å². The smallest absolute Gasteiger partial charge is 0.252 e. The molecule has 0 saturated heterocycles. The van der Waals surface area contributed by atoms with Gasteiger partial charge in [0.15, 0.2) is 5.82 Å². The first kappa shape index (κ1) is 23.7. The fourth-order valence-electron chi connectivity index (χ4n) is 4.81. The van der Waals surface area contributed by atoms with Crippen molar-refractivity contribution >= 4 is 10.9 Å². The minimum absolute atomic E-state index is 0.0932. The van der Waals surface area contributed by atoms with Crippen LogP contribution in [0.15, 0.2) is 68.6 Å². The Morgan fingerprint density at radius 1 is 1.06 bits per heavy atom. The van der Waals surface area contributed by atoms with Gasteiger partial charge in [0.25, 0.3) is 5.56 Å². The van der Waals surface area contributed by atoms with Crippen molar-refractivity contribution in [1.82, 2.24) is 30.1 Å². The van der Waals surface area contributed by atoms with Gasteiger partial charge in [-0.1, -0.05) is 25.0 Å². The van der Waals surface area contributed by atoms with Crippen LogP contribution in [0, 0.1) is 13.8 Å². The SMILES string of the molecule is CCC[C@H](c1nnnn1Cc1ccco1)N(Cc1ccco1)Cc1cc2cc(C)cc(C)c2[nH]c1=O. The van der Waals surface area contributed by atoms with E-state index in [-0.39, 0.29) is 11.6 Å². The molecule has 4 heterocycles. The van der Waals surface area contributed by atoms with Crippen LogP contribution in [0.5, 0.6) is 0 Å². The number of H-pyrrole nitrogens is 1. The van der Waals surface area contributed by atoms with E-state index in [2.05, 4.69) is 51.4 Å². The van der Waals surface area contributed by atoms with Crippen LogP contribution in [0.1, 0.15) is 59.8 Å². The summed E-state index contributed by atoms with van der Waals surface area (Å²) < 4.78 is 13.0. The van der Waals surface area contributed by atoms with E-state index in [0.29, 0.717) is 25.2 Å². The normalized spacial score (nSPS) is 12.6. The summed E-state index contributed by atoms with van der Waals surface area (Å²) >= 11 is 0. The zero-order valence-electron chi connectivity index (χ0n) is 20.8. The topological polar surface area (TPSA) is 106 Å². The fourth-order valence-corrected chi connectivity index (χ4v) is 4.81. The van der Waals surface area contributed by atoms with Gasteiger partial charge in [0.05, 0.1) is 30.6 Å². The third-order valence-electron chi connectivity index (χ3n) is 6.43. The van der Waals surface area contributed by atoms with Crippen LogP contribution in [0.4, 0.5) is 0 Å². The molecule has 186 valence electrons. The van der Waals surface area contributed by atoms with Crippen molar-refractivity contribution in [3.63, 3.8) is 0 Å². The molecule has 1 N–H and O–H groups in total. The highest BCUT2D eigenvalue weighted by atomic mass is 16.3. The van der Waals surface area contributed by atoms with Crippen molar-refractivity contribution in [2.75, 3.05) is 0 Å². The summed E-state index contributed by atoms with van der Waals surface area (Å²) in [5.41, 5.74) is 3.68. The molecular formula is C27H30N6O3. The molecule has 0 saturated carbocycles. The fraction of sp³-hybridized carbons (Fsp3) is 0.333. The van der Waals surface area contributed by atoms with Crippen LogP contribution in [0.2, 0.25) is 0 Å². The molecule has 9 heteroatoms. The molecule has 0 radical (unpaired) electrons. The first-order valence-electron chi connectivity index (χ1n) is 12.2. The zero-order chi connectivity index (χ0) is 25.1. The van der Waals surface area contributed by atoms with Crippen LogP contribution < -0.4 is 5.56 Å². The van der Waals surface area contributed by atoms with Gasteiger partial charge in [0, 0.05) is 12.1 Å². The maximum Gasteiger partial charge on any atom is 0.252 e. The highest BCUT2D eigenvalue weighted by Crippen LogP contribution is 2.28. The molecule has 0 amide bonds. The Bertz CT molecular complexity index is 1480. The van der Waals surface area contributed by atoms with Gasteiger partial charge in [-0.25, -0.2) is 4.68 Å². The molecule has 1 aromatic carbocycles. The zero-order valence-corrected chi connectivity index (χ0v) is 20.8. The summed E-state index contributed by atoms with van der Waals surface area (Å²) in [5.74, 6) is 2.31. The molecule has 9 nitrogen and oxygen atoms in total. The van der Waals surface area contributed by atoms with Crippen molar-refractivity contribution in [2.24, 2.45) is 0 Å². The van der Waals surface area contributed by atoms with Gasteiger partial charge in [-0.15, -0.1) is 5.10 Å². The third-order valence-corrected chi connectivity index (χ3v) is 6.43. The average molecular weight is 487 g/mol. The standard InChI is InChI=1S/C27H30N6O3/c1-4-7-24(26-29-30-31-33(26)17-23-9-6-11-36-23)32(16-22-8-5-10-35-22)15-21-14-20-13-18(2)12-19(3)25(20)28-27(21)34/h5-6,8-14,24H,4,7,15-17H2,1-3H3,(H,28,34)/t24-/m1/s1. The molecule has 1 atom stereocenters. The van der Waals surface area contributed by atoms with Gasteiger partial charge in [-0.3, -0.25) is 9.69 Å². The van der Waals surface area contributed by atoms with E-state index in [1.54, 1.807) is 17.2 Å². The Hall–Kier alpha value is -3.98. The minimum atomic E-state index is -0.139. The summed E-state index contributed by atoms with van der Waals surface area (Å²) in [5, 5.41) is 13.6. The third kappa shape index (κ3) is 5.01. The lowest BCUT2D eigenvalue weighted by Crippen LogP contribution is -2.32. The number of fused-ring (bicyclic) bond motifs is 1. The van der Waals surface area contributed by atoms with Crippen LogP contribution in [-0.2, 0) is 19.6 Å². The van der Waals surface area contributed by atoms with E-state index >= 15 is 0 Å². The van der Waals surface area contributed by atoms with Crippen LogP contribution in [0.3, 0.4) is 0 Å². The summed E-state index contributed by atoms with van der Waals surface area (Å²) in [6, 6.07) is 13.6. The van der Waals surface area contributed by atoms with Gasteiger partial charge in [0.1, 0.15) is 18.1 Å². The molecule has 0 aliphatic rings. The average Bonchev–Trinajstić information content (AvgIpc) is 3.62. The van der Waals surface area contributed by atoms with E-state index in [9.17, 15) is 4.79 Å². The van der Waals surface area contributed by atoms with Gasteiger partial charge >= 0.3 is 0 Å². The maximum absolute atomic E-state index is 13.2. The number of aromatic nitrogens is 5. The molecule has 4 aromatic heterocycles. The predicted octanol–water partition coefficient (Wildman–Crippen LogP) is 4.91. The predicted molar refractivity (Wildman–Crippen MR) is 135 cm³/mol. The van der Waals surface area contributed by atoms with Crippen molar-refractivity contribution in [2.45, 2.75) is 59.3 Å². The van der Waals surface area contributed by atoms with Crippen molar-refractivity contribution in [3.8, 4) is 0 Å². The summed E-state index contributed by atoms with van der Waals surface area (Å²) in [7, 11) is 0. The minimum Gasteiger partial charge on any atom is -0.468 e. The molecule has 36 heavy (non-hydrogen) atoms. The van der Waals surface area contributed by atoms with E-state index in [1.165, 1.54) is 0 Å². The van der Waals surface area contributed by atoms with Gasteiger partial charge in [-0.2, -0.15) is 0 Å². The Labute approximate surface area is 208 Å². The molecule has 0 aliphatic carbocycles. The molecule has 5 rings (SSSR count). The number of benzene rings is 1. The van der Waals surface area contributed by atoms with Crippen molar-refractivity contribution < 1.29 is 8.83 Å². The summed E-state index contributed by atoms with van der Waals surface area (Å²) in [6.45, 7) is 7.57. The van der Waals surface area contributed by atoms with Crippen LogP contribution in [0.25, 0.3) is 10.9 Å². The molecule has 0 unspecified atom stereocenters. The number of rotatable bonds is 10. The molecule has 5 aromatic rings. The Morgan fingerprint density at radius 3 is 2.56 bits per heavy atom. The number of hydrogen-bond donors (Lipinski definition) is 1. The summed E-state index contributed by atoms with van der Waals surface area (Å²) in [4.78, 5) is 18.5. The number of aryl methyl sites for hydroxylation is 2. The second kappa shape index (κ2) is 10.3. The number of nitrogens with zero attached hydrogens (tertiary/aromatic N) is 5. The number of tetrazole rings is 1. The van der Waals surface area contributed by atoms with Crippen LogP contribution in [-0.4, -0.2) is 30.1 Å². The highest BCUT2D eigenvalue weighted by molar-refractivity contribution is 5.82. The van der Waals surface area contributed by atoms with Crippen LogP contribution >= 0.6 is 0 Å². The van der Waals surface area contributed by atoms with E-state index in [1.807, 2.05) is 37.3 Å². The number of furan rings is 2. The number of nitrogens with one attached hydrogen (secondary N) is 1.